The predicted molar refractivity (Wildman–Crippen MR) is 78.7 cm³/mol. The molecule has 3 heterocycles. The van der Waals surface area contributed by atoms with E-state index in [1.165, 1.54) is 0 Å². The Balaban J connectivity index is 1.64. The number of aliphatic hydroxyl groups is 1. The van der Waals surface area contributed by atoms with E-state index in [-0.39, 0.29) is 0 Å². The molecular formula is C15H20N4O2. The summed E-state index contributed by atoms with van der Waals surface area (Å²) in [4.78, 5) is 6.35. The summed E-state index contributed by atoms with van der Waals surface area (Å²) < 4.78 is 7.15. The summed E-state index contributed by atoms with van der Waals surface area (Å²) in [7, 11) is 0. The van der Waals surface area contributed by atoms with Gasteiger partial charge in [-0.2, -0.15) is 5.10 Å². The lowest BCUT2D eigenvalue weighted by Crippen LogP contribution is -2.42. The highest BCUT2D eigenvalue weighted by Gasteiger charge is 2.16. The number of aliphatic hydroxyl groups excluding tert-OH is 1. The first-order valence-electron chi connectivity index (χ1n) is 7.23. The highest BCUT2D eigenvalue weighted by Crippen LogP contribution is 2.17. The molecule has 2 aromatic heterocycles. The number of β-amino-alcohol motifs (C(OH)–C–C–N with tert-alkyl or cyclic N) is 1. The maximum atomic E-state index is 10.3. The second-order valence-electron chi connectivity index (χ2n) is 5.21. The van der Waals surface area contributed by atoms with E-state index in [1.807, 2.05) is 29.1 Å². The zero-order chi connectivity index (χ0) is 14.5. The first kappa shape index (κ1) is 14.2. The van der Waals surface area contributed by atoms with Crippen LogP contribution in [0.15, 0.2) is 36.8 Å². The predicted octanol–water partition coefficient (Wildman–Crippen LogP) is 0.638. The number of morpholine rings is 1. The van der Waals surface area contributed by atoms with Gasteiger partial charge in [-0.25, -0.2) is 0 Å². The molecule has 21 heavy (non-hydrogen) atoms. The number of hydrogen-bond donors (Lipinski definition) is 1. The fraction of sp³-hybridized carbons (Fsp3) is 0.467. The average molecular weight is 288 g/mol. The molecular weight excluding hydrogens is 268 g/mol. The lowest BCUT2D eigenvalue weighted by atomic mass is 10.2. The van der Waals surface area contributed by atoms with E-state index in [0.717, 1.165) is 37.6 Å². The van der Waals surface area contributed by atoms with Crippen LogP contribution < -0.4 is 0 Å². The quantitative estimate of drug-likeness (QED) is 0.874. The van der Waals surface area contributed by atoms with Crippen molar-refractivity contribution < 1.29 is 9.84 Å². The van der Waals surface area contributed by atoms with E-state index in [1.54, 1.807) is 12.4 Å². The molecule has 0 spiro atoms. The minimum Gasteiger partial charge on any atom is -0.390 e. The van der Waals surface area contributed by atoms with Gasteiger partial charge in [-0.05, 0) is 18.2 Å². The van der Waals surface area contributed by atoms with Gasteiger partial charge in [0, 0.05) is 43.8 Å². The highest BCUT2D eigenvalue weighted by molar-refractivity contribution is 5.57. The second kappa shape index (κ2) is 6.80. The minimum absolute atomic E-state index is 0.446. The molecule has 0 amide bonds. The fourth-order valence-corrected chi connectivity index (χ4v) is 2.58. The summed E-state index contributed by atoms with van der Waals surface area (Å²) in [5.74, 6) is 0. The smallest absolute Gasteiger partial charge is 0.0862 e. The van der Waals surface area contributed by atoms with Crippen molar-refractivity contribution in [2.24, 2.45) is 0 Å². The molecule has 0 saturated carbocycles. The average Bonchev–Trinajstić information content (AvgIpc) is 2.97. The van der Waals surface area contributed by atoms with E-state index in [4.69, 9.17) is 4.74 Å². The van der Waals surface area contributed by atoms with Crippen LogP contribution in [0.25, 0.3) is 11.3 Å². The van der Waals surface area contributed by atoms with Gasteiger partial charge in [0.05, 0.1) is 31.6 Å². The molecule has 1 aliphatic rings. The van der Waals surface area contributed by atoms with Crippen LogP contribution in [-0.2, 0) is 11.3 Å². The Morgan fingerprint density at radius 1 is 1.19 bits per heavy atom. The van der Waals surface area contributed by atoms with Crippen molar-refractivity contribution in [1.29, 1.82) is 0 Å². The highest BCUT2D eigenvalue weighted by atomic mass is 16.5. The van der Waals surface area contributed by atoms with Gasteiger partial charge in [0.1, 0.15) is 0 Å². The second-order valence-corrected chi connectivity index (χ2v) is 5.21. The van der Waals surface area contributed by atoms with Gasteiger partial charge >= 0.3 is 0 Å². The molecule has 0 bridgehead atoms. The van der Waals surface area contributed by atoms with Crippen molar-refractivity contribution >= 4 is 0 Å². The Labute approximate surface area is 124 Å². The van der Waals surface area contributed by atoms with Crippen molar-refractivity contribution in [3.63, 3.8) is 0 Å². The Hall–Kier alpha value is -1.76. The summed E-state index contributed by atoms with van der Waals surface area (Å²) in [5, 5.41) is 14.6. The molecule has 1 atom stereocenters. The molecule has 6 nitrogen and oxygen atoms in total. The summed E-state index contributed by atoms with van der Waals surface area (Å²) in [6, 6.07) is 5.84. The van der Waals surface area contributed by atoms with E-state index >= 15 is 0 Å². The van der Waals surface area contributed by atoms with E-state index < -0.39 is 6.10 Å². The van der Waals surface area contributed by atoms with Crippen molar-refractivity contribution in [1.82, 2.24) is 19.7 Å². The summed E-state index contributed by atoms with van der Waals surface area (Å²) in [5.41, 5.74) is 1.98. The van der Waals surface area contributed by atoms with Crippen LogP contribution >= 0.6 is 0 Å². The van der Waals surface area contributed by atoms with Gasteiger partial charge in [0.2, 0.25) is 0 Å². The molecule has 1 fully saturated rings. The third kappa shape index (κ3) is 3.66. The third-order valence-corrected chi connectivity index (χ3v) is 3.63. The number of aromatic nitrogens is 3. The zero-order valence-electron chi connectivity index (χ0n) is 11.9. The molecule has 1 N–H and O–H groups in total. The lowest BCUT2D eigenvalue weighted by molar-refractivity contribution is 0.0109. The van der Waals surface area contributed by atoms with Gasteiger partial charge in [-0.1, -0.05) is 0 Å². The zero-order valence-corrected chi connectivity index (χ0v) is 11.9. The number of nitrogens with zero attached hydrogens (tertiary/aromatic N) is 4. The topological polar surface area (TPSA) is 63.4 Å². The molecule has 1 saturated heterocycles. The van der Waals surface area contributed by atoms with Crippen LogP contribution in [-0.4, -0.2) is 63.7 Å². The molecule has 0 aromatic carbocycles. The van der Waals surface area contributed by atoms with Gasteiger partial charge in [-0.3, -0.25) is 14.6 Å². The van der Waals surface area contributed by atoms with Gasteiger partial charge in [0.25, 0.3) is 0 Å². The van der Waals surface area contributed by atoms with Crippen LogP contribution in [0, 0.1) is 0 Å². The Morgan fingerprint density at radius 2 is 2.05 bits per heavy atom. The summed E-state index contributed by atoms with van der Waals surface area (Å²) >= 11 is 0. The fourth-order valence-electron chi connectivity index (χ4n) is 2.58. The maximum absolute atomic E-state index is 10.3. The largest absolute Gasteiger partial charge is 0.390 e. The number of pyridine rings is 1. The molecule has 0 radical (unpaired) electrons. The Morgan fingerprint density at radius 3 is 2.81 bits per heavy atom. The summed E-state index contributed by atoms with van der Waals surface area (Å²) in [6.45, 7) is 4.38. The first-order chi connectivity index (χ1) is 10.3. The first-order valence-corrected chi connectivity index (χ1v) is 7.23. The number of ether oxygens (including phenoxy) is 1. The molecule has 1 aliphatic heterocycles. The van der Waals surface area contributed by atoms with E-state index in [2.05, 4.69) is 15.0 Å². The number of hydrogen-bond acceptors (Lipinski definition) is 5. The molecule has 112 valence electrons. The number of rotatable bonds is 5. The van der Waals surface area contributed by atoms with Gasteiger partial charge < -0.3 is 9.84 Å². The van der Waals surface area contributed by atoms with E-state index in [0.29, 0.717) is 13.1 Å². The summed E-state index contributed by atoms with van der Waals surface area (Å²) in [6.07, 6.45) is 4.86. The SMILES string of the molecule is OC(CN1CCOCC1)Cn1nccc1-c1cccnc1. The monoisotopic (exact) mass is 288 g/mol. The Bertz CT molecular complexity index is 552. The van der Waals surface area contributed by atoms with Crippen molar-refractivity contribution in [3.05, 3.63) is 36.8 Å². The van der Waals surface area contributed by atoms with Crippen LogP contribution in [0.2, 0.25) is 0 Å². The van der Waals surface area contributed by atoms with Crippen LogP contribution in [0.1, 0.15) is 0 Å². The molecule has 1 unspecified atom stereocenters. The third-order valence-electron chi connectivity index (χ3n) is 3.63. The maximum Gasteiger partial charge on any atom is 0.0862 e. The van der Waals surface area contributed by atoms with Crippen molar-refractivity contribution in [3.8, 4) is 11.3 Å². The normalized spacial score (nSPS) is 17.8. The van der Waals surface area contributed by atoms with E-state index in [9.17, 15) is 5.11 Å². The minimum atomic E-state index is -0.446. The molecule has 0 aliphatic carbocycles. The van der Waals surface area contributed by atoms with Crippen LogP contribution in [0.3, 0.4) is 0 Å². The molecule has 2 aromatic rings. The van der Waals surface area contributed by atoms with Crippen LogP contribution in [0.4, 0.5) is 0 Å². The van der Waals surface area contributed by atoms with Crippen molar-refractivity contribution in [2.45, 2.75) is 12.6 Å². The van der Waals surface area contributed by atoms with Gasteiger partial charge in [-0.15, -0.1) is 0 Å². The Kier molecular flexibility index (Phi) is 4.59. The lowest BCUT2D eigenvalue weighted by Gasteiger charge is -2.28. The van der Waals surface area contributed by atoms with Gasteiger partial charge in [0.15, 0.2) is 0 Å². The standard InChI is InChI=1S/C15H20N4O2/c20-14(11-18-6-8-21-9-7-18)12-19-15(3-5-17-19)13-2-1-4-16-10-13/h1-5,10,14,20H,6-9,11-12H2. The molecule has 6 heteroatoms. The molecule has 3 rings (SSSR count). The van der Waals surface area contributed by atoms with Crippen molar-refractivity contribution in [2.75, 3.05) is 32.8 Å². The van der Waals surface area contributed by atoms with Crippen LogP contribution in [0.5, 0.6) is 0 Å².